The van der Waals surface area contributed by atoms with Crippen molar-refractivity contribution in [2.75, 3.05) is 0 Å². The second-order valence-corrected chi connectivity index (χ2v) is 15.1. The molecule has 0 fully saturated rings. The maximum Gasteiger partial charge on any atom is 0.170 e. The minimum Gasteiger partial charge on any atom is -0.455 e. The van der Waals surface area contributed by atoms with E-state index in [0.717, 1.165) is 84.6 Å². The lowest BCUT2D eigenvalue weighted by molar-refractivity contribution is 0.672. The Morgan fingerprint density at radius 1 is 0.448 bits per heavy atom. The van der Waals surface area contributed by atoms with Gasteiger partial charge < -0.3 is 8.98 Å². The van der Waals surface area contributed by atoms with Gasteiger partial charge >= 0.3 is 0 Å². The van der Waals surface area contributed by atoms with Gasteiger partial charge in [0.2, 0.25) is 0 Å². The van der Waals surface area contributed by atoms with Crippen molar-refractivity contribution in [1.82, 2.24) is 19.5 Å². The molecule has 8 aromatic carbocycles. The molecule has 0 atom stereocenters. The van der Waals surface area contributed by atoms with Gasteiger partial charge in [0.05, 0.1) is 16.8 Å². The third-order valence-corrected chi connectivity index (χ3v) is 11.7. The summed E-state index contributed by atoms with van der Waals surface area (Å²) in [6, 6.07) is 59.7. The Balaban J connectivity index is 1.21. The predicted octanol–water partition coefficient (Wildman–Crippen LogP) is 13.6. The smallest absolute Gasteiger partial charge is 0.170 e. The Kier molecular flexibility index (Phi) is 7.29. The normalized spacial score (nSPS) is 12.6. The van der Waals surface area contributed by atoms with Crippen molar-refractivity contribution in [3.8, 4) is 51.0 Å². The van der Waals surface area contributed by atoms with Crippen molar-refractivity contribution in [2.45, 2.75) is 12.8 Å². The number of fused-ring (bicyclic) bond motifs is 9. The predicted molar refractivity (Wildman–Crippen MR) is 238 cm³/mol. The zero-order valence-corrected chi connectivity index (χ0v) is 31.4. The average molecular weight is 743 g/mol. The summed E-state index contributed by atoms with van der Waals surface area (Å²) >= 11 is 0. The highest BCUT2D eigenvalue weighted by molar-refractivity contribution is 6.18. The summed E-state index contributed by atoms with van der Waals surface area (Å²) in [4.78, 5) is 16.0. The first-order valence-corrected chi connectivity index (χ1v) is 19.8. The van der Waals surface area contributed by atoms with Crippen LogP contribution in [0.4, 0.5) is 0 Å². The van der Waals surface area contributed by atoms with Crippen LogP contribution in [-0.4, -0.2) is 19.5 Å². The highest BCUT2D eigenvalue weighted by atomic mass is 16.3. The van der Waals surface area contributed by atoms with Crippen molar-refractivity contribution >= 4 is 60.5 Å². The Bertz CT molecular complexity index is 3450. The minimum atomic E-state index is 0.556. The van der Waals surface area contributed by atoms with Crippen LogP contribution in [0.3, 0.4) is 0 Å². The SMILES string of the molecule is C1=Cc2c(n(-c3ccc4c(oc5c6ccccc6ccc45)c3-c3nc(-c4ccccc4)nc(-c4cccc(-c5ccccc5)c4)n3)c3cc4ccccc4cc23)CC1. The monoisotopic (exact) mass is 742 g/mol. The van der Waals surface area contributed by atoms with Gasteiger partial charge in [-0.25, -0.2) is 15.0 Å². The first kappa shape index (κ1) is 32.6. The van der Waals surface area contributed by atoms with E-state index in [-0.39, 0.29) is 0 Å². The van der Waals surface area contributed by atoms with Gasteiger partial charge in [-0.1, -0.05) is 146 Å². The quantitative estimate of drug-likeness (QED) is 0.176. The van der Waals surface area contributed by atoms with E-state index in [1.165, 1.54) is 27.4 Å². The van der Waals surface area contributed by atoms with Gasteiger partial charge in [-0.3, -0.25) is 0 Å². The number of nitrogens with zero attached hydrogens (tertiary/aromatic N) is 4. The summed E-state index contributed by atoms with van der Waals surface area (Å²) in [5, 5.41) is 7.93. The van der Waals surface area contributed by atoms with Gasteiger partial charge in [-0.2, -0.15) is 0 Å². The lowest BCUT2D eigenvalue weighted by Crippen LogP contribution is -2.07. The highest BCUT2D eigenvalue weighted by Crippen LogP contribution is 2.45. The molecular formula is C53H34N4O. The van der Waals surface area contributed by atoms with Gasteiger partial charge in [0, 0.05) is 43.9 Å². The molecule has 58 heavy (non-hydrogen) atoms. The van der Waals surface area contributed by atoms with Crippen LogP contribution >= 0.6 is 0 Å². The maximum atomic E-state index is 7.16. The molecule has 0 bridgehead atoms. The molecule has 0 spiro atoms. The number of hydrogen-bond acceptors (Lipinski definition) is 4. The van der Waals surface area contributed by atoms with Crippen molar-refractivity contribution in [3.05, 3.63) is 187 Å². The molecule has 0 saturated heterocycles. The molecule has 12 rings (SSSR count). The largest absolute Gasteiger partial charge is 0.455 e. The third kappa shape index (κ3) is 5.14. The number of rotatable bonds is 5. The summed E-state index contributed by atoms with van der Waals surface area (Å²) in [6.07, 6.45) is 6.46. The van der Waals surface area contributed by atoms with Crippen LogP contribution in [0.15, 0.2) is 180 Å². The summed E-state index contributed by atoms with van der Waals surface area (Å²) in [7, 11) is 0. The molecule has 1 aliphatic rings. The van der Waals surface area contributed by atoms with E-state index in [9.17, 15) is 0 Å². The summed E-state index contributed by atoms with van der Waals surface area (Å²) in [6.45, 7) is 0. The number of aromatic nitrogens is 4. The molecule has 0 N–H and O–H groups in total. The molecule has 0 unspecified atom stereocenters. The van der Waals surface area contributed by atoms with Gasteiger partial charge in [0.25, 0.3) is 0 Å². The molecule has 3 heterocycles. The van der Waals surface area contributed by atoms with Crippen molar-refractivity contribution < 1.29 is 4.42 Å². The van der Waals surface area contributed by atoms with Gasteiger partial charge in [-0.15, -0.1) is 0 Å². The van der Waals surface area contributed by atoms with Gasteiger partial charge in [-0.05, 0) is 76.5 Å². The Morgan fingerprint density at radius 3 is 1.91 bits per heavy atom. The Hall–Kier alpha value is -7.63. The number of hydrogen-bond donors (Lipinski definition) is 0. The van der Waals surface area contributed by atoms with Gasteiger partial charge in [0.15, 0.2) is 17.5 Å². The average Bonchev–Trinajstić information content (AvgIpc) is 3.84. The third-order valence-electron chi connectivity index (χ3n) is 11.7. The molecule has 0 amide bonds. The molecule has 0 aliphatic heterocycles. The lowest BCUT2D eigenvalue weighted by atomic mass is 10.0. The summed E-state index contributed by atoms with van der Waals surface area (Å²) < 4.78 is 9.60. The second kappa shape index (κ2) is 13.0. The molecule has 5 heteroatoms. The summed E-state index contributed by atoms with van der Waals surface area (Å²) in [5.41, 5.74) is 11.1. The first-order valence-electron chi connectivity index (χ1n) is 19.8. The van der Waals surface area contributed by atoms with Crippen molar-refractivity contribution in [3.63, 3.8) is 0 Å². The standard InChI is InChI=1S/C53H34N4O/c1-3-14-33(15-4-1)36-21-13-22-39(30-36)52-54-51(35-17-5-2-6-18-35)55-53(56-52)48-46(29-28-43-42-27-26-34-16-9-10-23-40(34)49(42)58-50(43)48)57-45-25-12-11-24-41(45)44-31-37-19-7-8-20-38(37)32-47(44)57/h1-11,13-24,26-32H,12,25H2. The molecule has 0 radical (unpaired) electrons. The fraction of sp³-hybridized carbons (Fsp3) is 0.0377. The van der Waals surface area contributed by atoms with Gasteiger partial charge in [0.1, 0.15) is 11.2 Å². The van der Waals surface area contributed by atoms with Crippen LogP contribution in [0.2, 0.25) is 0 Å². The zero-order chi connectivity index (χ0) is 38.2. The van der Waals surface area contributed by atoms with Crippen LogP contribution in [0.5, 0.6) is 0 Å². The summed E-state index contributed by atoms with van der Waals surface area (Å²) in [5.74, 6) is 1.75. The molecular weight excluding hydrogens is 709 g/mol. The fourth-order valence-electron chi connectivity index (χ4n) is 8.94. The zero-order valence-electron chi connectivity index (χ0n) is 31.4. The minimum absolute atomic E-state index is 0.556. The maximum absolute atomic E-state index is 7.16. The van der Waals surface area contributed by atoms with E-state index in [2.05, 4.69) is 162 Å². The first-order chi connectivity index (χ1) is 28.7. The molecule has 11 aromatic rings. The Morgan fingerprint density at radius 2 is 1.09 bits per heavy atom. The van der Waals surface area contributed by atoms with Crippen molar-refractivity contribution in [1.29, 1.82) is 0 Å². The second-order valence-electron chi connectivity index (χ2n) is 15.1. The molecule has 0 saturated carbocycles. The van der Waals surface area contributed by atoms with Crippen LogP contribution < -0.4 is 0 Å². The van der Waals surface area contributed by atoms with E-state index in [1.807, 2.05) is 24.3 Å². The van der Waals surface area contributed by atoms with E-state index < -0.39 is 0 Å². The van der Waals surface area contributed by atoms with Crippen LogP contribution in [0.1, 0.15) is 17.7 Å². The molecule has 272 valence electrons. The topological polar surface area (TPSA) is 56.7 Å². The number of allylic oxidation sites excluding steroid dienone is 1. The van der Waals surface area contributed by atoms with E-state index in [1.54, 1.807) is 0 Å². The molecule has 5 nitrogen and oxygen atoms in total. The fourth-order valence-corrected chi connectivity index (χ4v) is 8.94. The number of furan rings is 1. The van der Waals surface area contributed by atoms with Crippen LogP contribution in [0, 0.1) is 0 Å². The van der Waals surface area contributed by atoms with Crippen molar-refractivity contribution in [2.24, 2.45) is 0 Å². The number of benzene rings is 8. The highest BCUT2D eigenvalue weighted by Gasteiger charge is 2.27. The Labute approximate surface area is 334 Å². The van der Waals surface area contributed by atoms with E-state index >= 15 is 0 Å². The molecule has 3 aromatic heterocycles. The van der Waals surface area contributed by atoms with E-state index in [0.29, 0.717) is 17.5 Å². The van der Waals surface area contributed by atoms with Crippen LogP contribution in [-0.2, 0) is 6.42 Å². The lowest BCUT2D eigenvalue weighted by Gasteiger charge is -2.18. The van der Waals surface area contributed by atoms with Crippen LogP contribution in [0.25, 0.3) is 111 Å². The van der Waals surface area contributed by atoms with E-state index in [4.69, 9.17) is 19.4 Å². The molecule has 1 aliphatic carbocycles.